The third-order valence-corrected chi connectivity index (χ3v) is 5.63. The molecular formula is C15H18Br2N2S. The summed E-state index contributed by atoms with van der Waals surface area (Å²) in [5.74, 6) is 0. The van der Waals surface area contributed by atoms with Crippen LogP contribution in [0.1, 0.15) is 23.4 Å². The van der Waals surface area contributed by atoms with Crippen LogP contribution in [0.25, 0.3) is 0 Å². The Morgan fingerprint density at radius 3 is 2.55 bits per heavy atom. The molecule has 0 aliphatic rings. The SMILES string of the molecule is CC(N)C(c1ccccc1Br)N(C)Cc1cc(Br)cs1. The van der Waals surface area contributed by atoms with Crippen molar-refractivity contribution in [2.24, 2.45) is 5.73 Å². The standard InChI is InChI=1S/C15H18Br2N2S/c1-10(18)15(13-5-3-4-6-14(13)17)19(2)8-12-7-11(16)9-20-12/h3-7,9-10,15H,8,18H2,1-2H3. The van der Waals surface area contributed by atoms with Crippen LogP contribution < -0.4 is 5.73 Å². The lowest BCUT2D eigenvalue weighted by Gasteiger charge is -2.31. The van der Waals surface area contributed by atoms with Crippen molar-refractivity contribution >= 4 is 43.2 Å². The number of hydrogen-bond acceptors (Lipinski definition) is 3. The van der Waals surface area contributed by atoms with Gasteiger partial charge in [0.1, 0.15) is 0 Å². The van der Waals surface area contributed by atoms with Gasteiger partial charge in [-0.25, -0.2) is 0 Å². The van der Waals surface area contributed by atoms with Gasteiger partial charge in [0, 0.05) is 31.8 Å². The minimum atomic E-state index is 0.0575. The van der Waals surface area contributed by atoms with Crippen molar-refractivity contribution in [3.05, 3.63) is 55.1 Å². The first-order chi connectivity index (χ1) is 9.49. The van der Waals surface area contributed by atoms with Crippen molar-refractivity contribution in [3.8, 4) is 0 Å². The topological polar surface area (TPSA) is 29.3 Å². The van der Waals surface area contributed by atoms with Crippen LogP contribution in [-0.4, -0.2) is 18.0 Å². The van der Waals surface area contributed by atoms with Gasteiger partial charge in [-0.05, 0) is 47.6 Å². The number of thiophene rings is 1. The first-order valence-electron chi connectivity index (χ1n) is 6.42. The molecule has 0 saturated carbocycles. The van der Waals surface area contributed by atoms with E-state index < -0.39 is 0 Å². The van der Waals surface area contributed by atoms with Gasteiger partial charge >= 0.3 is 0 Å². The zero-order valence-electron chi connectivity index (χ0n) is 11.5. The molecule has 2 atom stereocenters. The van der Waals surface area contributed by atoms with Gasteiger partial charge in [-0.1, -0.05) is 34.1 Å². The second-order valence-electron chi connectivity index (χ2n) is 4.97. The highest BCUT2D eigenvalue weighted by Gasteiger charge is 2.23. The van der Waals surface area contributed by atoms with Crippen LogP contribution in [0, 0.1) is 0 Å². The fourth-order valence-electron chi connectivity index (χ4n) is 2.42. The maximum absolute atomic E-state index is 6.23. The number of rotatable bonds is 5. The lowest BCUT2D eigenvalue weighted by atomic mass is 9.99. The van der Waals surface area contributed by atoms with E-state index >= 15 is 0 Å². The predicted octanol–water partition coefficient (Wildman–Crippen LogP) is 4.79. The second-order valence-corrected chi connectivity index (χ2v) is 7.74. The van der Waals surface area contributed by atoms with Crippen molar-refractivity contribution in [1.82, 2.24) is 4.90 Å². The Hall–Kier alpha value is -0.200. The van der Waals surface area contributed by atoms with Crippen LogP contribution in [0.2, 0.25) is 0 Å². The van der Waals surface area contributed by atoms with Gasteiger partial charge in [-0.15, -0.1) is 11.3 Å². The normalized spacial score (nSPS) is 14.5. The third kappa shape index (κ3) is 3.92. The van der Waals surface area contributed by atoms with Crippen LogP contribution in [0.15, 0.2) is 44.7 Å². The molecule has 0 amide bonds. The van der Waals surface area contributed by atoms with Crippen molar-refractivity contribution in [1.29, 1.82) is 0 Å². The summed E-state index contributed by atoms with van der Waals surface area (Å²) in [5.41, 5.74) is 7.47. The van der Waals surface area contributed by atoms with Crippen molar-refractivity contribution in [3.63, 3.8) is 0 Å². The number of hydrogen-bond donors (Lipinski definition) is 1. The Kier molecular flexibility index (Phi) is 5.81. The second kappa shape index (κ2) is 7.18. The molecule has 0 spiro atoms. The van der Waals surface area contributed by atoms with E-state index in [0.717, 1.165) is 15.5 Å². The van der Waals surface area contributed by atoms with Gasteiger partial charge < -0.3 is 5.73 Å². The highest BCUT2D eigenvalue weighted by atomic mass is 79.9. The molecule has 5 heteroatoms. The molecule has 0 fully saturated rings. The van der Waals surface area contributed by atoms with Crippen molar-refractivity contribution in [2.75, 3.05) is 7.05 Å². The lowest BCUT2D eigenvalue weighted by molar-refractivity contribution is 0.212. The van der Waals surface area contributed by atoms with Gasteiger partial charge in [-0.3, -0.25) is 4.90 Å². The molecule has 2 rings (SSSR count). The summed E-state index contributed by atoms with van der Waals surface area (Å²) in [6, 6.07) is 10.7. The predicted molar refractivity (Wildman–Crippen MR) is 94.0 cm³/mol. The molecule has 0 aliphatic heterocycles. The molecule has 1 heterocycles. The fraction of sp³-hybridized carbons (Fsp3) is 0.333. The Labute approximate surface area is 141 Å². The highest BCUT2D eigenvalue weighted by Crippen LogP contribution is 2.31. The summed E-state index contributed by atoms with van der Waals surface area (Å²) in [6.45, 7) is 2.95. The zero-order chi connectivity index (χ0) is 14.7. The van der Waals surface area contributed by atoms with Crippen molar-refractivity contribution < 1.29 is 0 Å². The molecule has 0 aliphatic carbocycles. The summed E-state index contributed by atoms with van der Waals surface area (Å²) >= 11 is 8.91. The smallest absolute Gasteiger partial charge is 0.0508 e. The largest absolute Gasteiger partial charge is 0.326 e. The molecule has 2 aromatic rings. The van der Waals surface area contributed by atoms with Gasteiger partial charge in [-0.2, -0.15) is 0 Å². The van der Waals surface area contributed by atoms with Crippen molar-refractivity contribution in [2.45, 2.75) is 25.6 Å². The van der Waals surface area contributed by atoms with E-state index in [1.165, 1.54) is 10.4 Å². The molecule has 20 heavy (non-hydrogen) atoms. The summed E-state index contributed by atoms with van der Waals surface area (Å²) in [7, 11) is 2.13. The monoisotopic (exact) mass is 416 g/mol. The van der Waals surface area contributed by atoms with Crippen LogP contribution in [0.4, 0.5) is 0 Å². The fourth-order valence-corrected chi connectivity index (χ4v) is 4.45. The van der Waals surface area contributed by atoms with E-state index in [1.807, 2.05) is 6.07 Å². The first kappa shape index (κ1) is 16.2. The lowest BCUT2D eigenvalue weighted by Crippen LogP contribution is -2.37. The third-order valence-electron chi connectivity index (χ3n) is 3.22. The number of nitrogens with two attached hydrogens (primary N) is 1. The molecular weight excluding hydrogens is 400 g/mol. The summed E-state index contributed by atoms with van der Waals surface area (Å²) in [6.07, 6.45) is 0. The number of benzene rings is 1. The molecule has 1 aromatic carbocycles. The van der Waals surface area contributed by atoms with Gasteiger partial charge in [0.05, 0.1) is 6.04 Å². The van der Waals surface area contributed by atoms with E-state index in [4.69, 9.17) is 5.73 Å². The Balaban J connectivity index is 2.22. The maximum Gasteiger partial charge on any atom is 0.0508 e. The van der Waals surface area contributed by atoms with Gasteiger partial charge in [0.25, 0.3) is 0 Å². The van der Waals surface area contributed by atoms with E-state index in [0.29, 0.717) is 0 Å². The Bertz CT molecular complexity index is 569. The van der Waals surface area contributed by atoms with Gasteiger partial charge in [0.2, 0.25) is 0 Å². The quantitative estimate of drug-likeness (QED) is 0.757. The molecule has 0 bridgehead atoms. The summed E-state index contributed by atoms with van der Waals surface area (Å²) in [4.78, 5) is 3.64. The van der Waals surface area contributed by atoms with E-state index in [2.05, 4.69) is 80.4 Å². The van der Waals surface area contributed by atoms with E-state index in [9.17, 15) is 0 Å². The molecule has 0 radical (unpaired) electrons. The van der Waals surface area contributed by atoms with Crippen LogP contribution >= 0.6 is 43.2 Å². The Morgan fingerprint density at radius 2 is 2.00 bits per heavy atom. The molecule has 2 unspecified atom stereocenters. The highest BCUT2D eigenvalue weighted by molar-refractivity contribution is 9.10. The van der Waals surface area contributed by atoms with Crippen LogP contribution in [0.5, 0.6) is 0 Å². The zero-order valence-corrected chi connectivity index (χ0v) is 15.5. The minimum Gasteiger partial charge on any atom is -0.326 e. The van der Waals surface area contributed by atoms with Crippen LogP contribution in [-0.2, 0) is 6.54 Å². The molecule has 2 nitrogen and oxygen atoms in total. The average molecular weight is 418 g/mol. The van der Waals surface area contributed by atoms with Gasteiger partial charge in [0.15, 0.2) is 0 Å². The van der Waals surface area contributed by atoms with E-state index in [-0.39, 0.29) is 12.1 Å². The van der Waals surface area contributed by atoms with Crippen LogP contribution in [0.3, 0.4) is 0 Å². The average Bonchev–Trinajstić information content (AvgIpc) is 2.77. The maximum atomic E-state index is 6.23. The molecule has 1 aromatic heterocycles. The number of likely N-dealkylation sites (N-methyl/N-ethyl adjacent to an activating group) is 1. The first-order valence-corrected chi connectivity index (χ1v) is 8.88. The molecule has 0 saturated heterocycles. The molecule has 108 valence electrons. The number of nitrogens with zero attached hydrogens (tertiary/aromatic N) is 1. The minimum absolute atomic E-state index is 0.0575. The summed E-state index contributed by atoms with van der Waals surface area (Å²) < 4.78 is 2.26. The molecule has 2 N–H and O–H groups in total. The summed E-state index contributed by atoms with van der Waals surface area (Å²) in [5, 5.41) is 2.11. The van der Waals surface area contributed by atoms with E-state index in [1.54, 1.807) is 11.3 Å². The number of halogens is 2. The Morgan fingerprint density at radius 1 is 1.30 bits per heavy atom.